The predicted molar refractivity (Wildman–Crippen MR) is 87.9 cm³/mol. The minimum Gasteiger partial charge on any atom is -0.494 e. The van der Waals surface area contributed by atoms with E-state index in [0.29, 0.717) is 25.4 Å². The number of nitrogens with one attached hydrogen (secondary N) is 1. The van der Waals surface area contributed by atoms with E-state index in [0.717, 1.165) is 12.8 Å². The van der Waals surface area contributed by atoms with Crippen LogP contribution in [0.4, 0.5) is 0 Å². The Hall–Kier alpha value is -1.60. The molecule has 1 aromatic rings. The first-order valence-corrected chi connectivity index (χ1v) is 9.36. The smallest absolute Gasteiger partial charge is 0.305 e. The summed E-state index contributed by atoms with van der Waals surface area (Å²) in [5.41, 5.74) is 0. The predicted octanol–water partition coefficient (Wildman–Crippen LogP) is 2.49. The summed E-state index contributed by atoms with van der Waals surface area (Å²) in [5.74, 6) is 0.333. The molecule has 1 rings (SSSR count). The fourth-order valence-corrected chi connectivity index (χ4v) is 2.88. The van der Waals surface area contributed by atoms with Crippen LogP contribution in [-0.2, 0) is 19.6 Å². The van der Waals surface area contributed by atoms with Gasteiger partial charge in [0, 0.05) is 13.0 Å². The van der Waals surface area contributed by atoms with Crippen molar-refractivity contribution in [3.05, 3.63) is 24.3 Å². The molecule has 7 heteroatoms. The SMILES string of the molecule is CCCCOc1ccc(S(=O)(=O)NCCCC(=O)OCC)cc1. The Morgan fingerprint density at radius 3 is 2.43 bits per heavy atom. The zero-order valence-electron chi connectivity index (χ0n) is 13.7. The van der Waals surface area contributed by atoms with Crippen molar-refractivity contribution in [3.63, 3.8) is 0 Å². The van der Waals surface area contributed by atoms with E-state index in [1.165, 1.54) is 12.1 Å². The van der Waals surface area contributed by atoms with Gasteiger partial charge in [0.05, 0.1) is 18.1 Å². The van der Waals surface area contributed by atoms with Crippen LogP contribution in [0.15, 0.2) is 29.2 Å². The molecule has 0 aliphatic heterocycles. The Kier molecular flexibility index (Phi) is 8.65. The molecule has 1 aromatic carbocycles. The summed E-state index contributed by atoms with van der Waals surface area (Å²) < 4.78 is 37.0. The number of carbonyl (C=O) groups is 1. The number of carbonyl (C=O) groups excluding carboxylic acids is 1. The van der Waals surface area contributed by atoms with Crippen LogP contribution in [0, 0.1) is 0 Å². The van der Waals surface area contributed by atoms with E-state index in [-0.39, 0.29) is 23.8 Å². The molecule has 0 saturated heterocycles. The third-order valence-electron chi connectivity index (χ3n) is 3.06. The Balaban J connectivity index is 2.45. The maximum atomic E-state index is 12.1. The average molecular weight is 343 g/mol. The molecule has 0 unspecified atom stereocenters. The fraction of sp³-hybridized carbons (Fsp3) is 0.562. The molecule has 130 valence electrons. The standard InChI is InChI=1S/C16H25NO5S/c1-3-5-13-22-14-8-10-15(11-9-14)23(19,20)17-12-6-7-16(18)21-4-2/h8-11,17H,3-7,12-13H2,1-2H3. The quantitative estimate of drug-likeness (QED) is 0.493. The van der Waals surface area contributed by atoms with Crippen molar-refractivity contribution < 1.29 is 22.7 Å². The highest BCUT2D eigenvalue weighted by Gasteiger charge is 2.13. The normalized spacial score (nSPS) is 11.2. The lowest BCUT2D eigenvalue weighted by molar-refractivity contribution is -0.143. The van der Waals surface area contributed by atoms with E-state index in [9.17, 15) is 13.2 Å². The summed E-state index contributed by atoms with van der Waals surface area (Å²) in [5, 5.41) is 0. The summed E-state index contributed by atoms with van der Waals surface area (Å²) in [4.78, 5) is 11.3. The van der Waals surface area contributed by atoms with Crippen LogP contribution in [0.1, 0.15) is 39.5 Å². The molecule has 0 atom stereocenters. The first kappa shape index (κ1) is 19.4. The Morgan fingerprint density at radius 2 is 1.83 bits per heavy atom. The molecule has 23 heavy (non-hydrogen) atoms. The van der Waals surface area contributed by atoms with Crippen molar-refractivity contribution in [2.45, 2.75) is 44.4 Å². The number of benzene rings is 1. The number of esters is 1. The molecule has 1 N–H and O–H groups in total. The molecule has 0 heterocycles. The highest BCUT2D eigenvalue weighted by atomic mass is 32.2. The Morgan fingerprint density at radius 1 is 1.13 bits per heavy atom. The summed E-state index contributed by atoms with van der Waals surface area (Å²) in [7, 11) is -3.57. The molecule has 6 nitrogen and oxygen atoms in total. The lowest BCUT2D eigenvalue weighted by atomic mass is 10.3. The van der Waals surface area contributed by atoms with Gasteiger partial charge in [-0.2, -0.15) is 0 Å². The van der Waals surface area contributed by atoms with Crippen LogP contribution in [0.2, 0.25) is 0 Å². The van der Waals surface area contributed by atoms with Crippen LogP contribution in [0.5, 0.6) is 5.75 Å². The van der Waals surface area contributed by atoms with Crippen molar-refractivity contribution in [3.8, 4) is 5.75 Å². The number of sulfonamides is 1. The molecule has 0 aromatic heterocycles. The zero-order valence-corrected chi connectivity index (χ0v) is 14.5. The average Bonchev–Trinajstić information content (AvgIpc) is 2.53. The van der Waals surface area contributed by atoms with Gasteiger partial charge >= 0.3 is 5.97 Å². The number of unbranched alkanes of at least 4 members (excludes halogenated alkanes) is 1. The van der Waals surface area contributed by atoms with Crippen molar-refractivity contribution in [1.29, 1.82) is 0 Å². The highest BCUT2D eigenvalue weighted by molar-refractivity contribution is 7.89. The molecular weight excluding hydrogens is 318 g/mol. The molecule has 0 spiro atoms. The van der Waals surface area contributed by atoms with Crippen LogP contribution in [0.3, 0.4) is 0 Å². The van der Waals surface area contributed by atoms with Gasteiger partial charge < -0.3 is 9.47 Å². The number of rotatable bonds is 11. The van der Waals surface area contributed by atoms with Gasteiger partial charge in [0.15, 0.2) is 0 Å². The lowest BCUT2D eigenvalue weighted by Gasteiger charge is -2.08. The summed E-state index contributed by atoms with van der Waals surface area (Å²) in [6.45, 7) is 4.95. The zero-order chi connectivity index (χ0) is 17.1. The molecule has 0 aliphatic rings. The molecule has 0 radical (unpaired) electrons. The van der Waals surface area contributed by atoms with E-state index in [4.69, 9.17) is 9.47 Å². The maximum Gasteiger partial charge on any atom is 0.305 e. The molecule has 0 fully saturated rings. The summed E-state index contributed by atoms with van der Waals surface area (Å²) in [6, 6.07) is 6.30. The van der Waals surface area contributed by atoms with Gasteiger partial charge in [-0.3, -0.25) is 4.79 Å². The van der Waals surface area contributed by atoms with Crippen molar-refractivity contribution >= 4 is 16.0 Å². The lowest BCUT2D eigenvalue weighted by Crippen LogP contribution is -2.25. The van der Waals surface area contributed by atoms with Gasteiger partial charge in [-0.1, -0.05) is 13.3 Å². The van der Waals surface area contributed by atoms with Crippen molar-refractivity contribution in [1.82, 2.24) is 4.72 Å². The fourth-order valence-electron chi connectivity index (χ4n) is 1.81. The summed E-state index contributed by atoms with van der Waals surface area (Å²) >= 11 is 0. The number of hydrogen-bond donors (Lipinski definition) is 1. The van der Waals surface area contributed by atoms with Gasteiger partial charge in [0.2, 0.25) is 10.0 Å². The molecule has 0 saturated carbocycles. The van der Waals surface area contributed by atoms with E-state index < -0.39 is 10.0 Å². The monoisotopic (exact) mass is 343 g/mol. The molecule has 0 bridgehead atoms. The van der Waals surface area contributed by atoms with Crippen LogP contribution in [-0.4, -0.2) is 34.1 Å². The van der Waals surface area contributed by atoms with Gasteiger partial charge in [-0.15, -0.1) is 0 Å². The van der Waals surface area contributed by atoms with E-state index in [1.807, 2.05) is 0 Å². The topological polar surface area (TPSA) is 81.7 Å². The number of hydrogen-bond acceptors (Lipinski definition) is 5. The molecular formula is C16H25NO5S. The third-order valence-corrected chi connectivity index (χ3v) is 4.53. The summed E-state index contributed by atoms with van der Waals surface area (Å²) in [6.07, 6.45) is 2.60. The second kappa shape index (κ2) is 10.2. The highest BCUT2D eigenvalue weighted by Crippen LogP contribution is 2.16. The van der Waals surface area contributed by atoms with Crippen LogP contribution >= 0.6 is 0 Å². The van der Waals surface area contributed by atoms with E-state index in [1.54, 1.807) is 19.1 Å². The Labute approximate surface area is 138 Å². The van der Waals surface area contributed by atoms with Crippen molar-refractivity contribution in [2.24, 2.45) is 0 Å². The second-order valence-electron chi connectivity index (χ2n) is 4.98. The maximum absolute atomic E-state index is 12.1. The molecule has 0 amide bonds. The minimum absolute atomic E-state index is 0.177. The van der Waals surface area contributed by atoms with E-state index >= 15 is 0 Å². The molecule has 0 aliphatic carbocycles. The first-order chi connectivity index (χ1) is 11.0. The van der Waals surface area contributed by atoms with Crippen molar-refractivity contribution in [2.75, 3.05) is 19.8 Å². The van der Waals surface area contributed by atoms with Gasteiger partial charge in [0.1, 0.15) is 5.75 Å². The first-order valence-electron chi connectivity index (χ1n) is 7.87. The van der Waals surface area contributed by atoms with Crippen LogP contribution < -0.4 is 9.46 Å². The largest absolute Gasteiger partial charge is 0.494 e. The Bertz CT molecular complexity index is 569. The second-order valence-corrected chi connectivity index (χ2v) is 6.75. The van der Waals surface area contributed by atoms with Gasteiger partial charge in [0.25, 0.3) is 0 Å². The van der Waals surface area contributed by atoms with Gasteiger partial charge in [-0.25, -0.2) is 13.1 Å². The van der Waals surface area contributed by atoms with Crippen LogP contribution in [0.25, 0.3) is 0 Å². The van der Waals surface area contributed by atoms with E-state index in [2.05, 4.69) is 11.6 Å². The minimum atomic E-state index is -3.57. The van der Waals surface area contributed by atoms with Gasteiger partial charge in [-0.05, 0) is 44.0 Å². The third kappa shape index (κ3) is 7.47. The number of ether oxygens (including phenoxy) is 2.